The number of benzene rings is 2. The first-order valence-corrected chi connectivity index (χ1v) is 12.0. The van der Waals surface area contributed by atoms with Gasteiger partial charge in [-0.15, -0.1) is 0 Å². The molecule has 1 aliphatic rings. The highest BCUT2D eigenvalue weighted by Crippen LogP contribution is 2.35. The number of hydrogen-bond donors (Lipinski definition) is 1. The van der Waals surface area contributed by atoms with E-state index in [0.29, 0.717) is 22.7 Å². The Morgan fingerprint density at radius 2 is 1.69 bits per heavy atom. The zero-order chi connectivity index (χ0) is 24.8. The number of nitrogens with zero attached hydrogens (tertiary/aromatic N) is 1. The van der Waals surface area contributed by atoms with Crippen molar-refractivity contribution in [3.8, 4) is 11.5 Å². The van der Waals surface area contributed by atoms with Gasteiger partial charge in [-0.2, -0.15) is 0 Å². The topological polar surface area (TPSA) is 81.0 Å². The number of anilines is 1. The molecule has 7 heteroatoms. The van der Waals surface area contributed by atoms with Gasteiger partial charge in [0.25, 0.3) is 5.91 Å². The van der Waals surface area contributed by atoms with E-state index in [4.69, 9.17) is 13.9 Å². The van der Waals surface area contributed by atoms with Gasteiger partial charge in [0, 0.05) is 11.7 Å². The Hall–Kier alpha value is -3.74. The summed E-state index contributed by atoms with van der Waals surface area (Å²) in [6, 6.07) is 15.2. The lowest BCUT2D eigenvalue weighted by molar-refractivity contribution is -0.123. The van der Waals surface area contributed by atoms with Crippen molar-refractivity contribution in [3.05, 3.63) is 77.7 Å². The Labute approximate surface area is 206 Å². The Kier molecular flexibility index (Phi) is 7.75. The lowest BCUT2D eigenvalue weighted by Gasteiger charge is -2.33. The highest BCUT2D eigenvalue weighted by atomic mass is 16.5. The zero-order valence-corrected chi connectivity index (χ0v) is 20.5. The number of furan rings is 1. The number of aryl methyl sites for hydroxylation is 1. The van der Waals surface area contributed by atoms with E-state index in [-0.39, 0.29) is 17.7 Å². The van der Waals surface area contributed by atoms with Gasteiger partial charge in [-0.05, 0) is 61.7 Å². The first-order valence-electron chi connectivity index (χ1n) is 12.0. The molecule has 1 fully saturated rings. The summed E-state index contributed by atoms with van der Waals surface area (Å²) in [6.45, 7) is 1.98. The SMILES string of the molecule is COc1ccc([C@H](C(=O)NC2CCCCC2)N(C(=O)c2ccco2)c2ccc(C)cc2)cc1OC. The van der Waals surface area contributed by atoms with Crippen LogP contribution in [0.4, 0.5) is 5.69 Å². The van der Waals surface area contributed by atoms with E-state index in [1.165, 1.54) is 17.6 Å². The minimum Gasteiger partial charge on any atom is -0.493 e. The third-order valence-electron chi connectivity index (χ3n) is 6.44. The molecule has 1 aliphatic carbocycles. The van der Waals surface area contributed by atoms with Gasteiger partial charge in [0.2, 0.25) is 5.91 Å². The van der Waals surface area contributed by atoms with Gasteiger partial charge in [0.05, 0.1) is 20.5 Å². The summed E-state index contributed by atoms with van der Waals surface area (Å²) in [7, 11) is 3.11. The summed E-state index contributed by atoms with van der Waals surface area (Å²) in [4.78, 5) is 29.2. The van der Waals surface area contributed by atoms with Crippen LogP contribution < -0.4 is 19.7 Å². The summed E-state index contributed by atoms with van der Waals surface area (Å²) in [5.41, 5.74) is 2.25. The molecular weight excluding hydrogens is 444 g/mol. The van der Waals surface area contributed by atoms with Crippen LogP contribution in [0.5, 0.6) is 11.5 Å². The standard InChI is InChI=1S/C28H32N2O5/c1-19-11-14-22(15-12-19)30(28(32)24-10-7-17-35-24)26(27(31)29-21-8-5-4-6-9-21)20-13-16-23(33-2)25(18-20)34-3/h7,10-18,21,26H,4-6,8-9H2,1-3H3,(H,29,31)/t26-/m1/s1. The number of hydrogen-bond acceptors (Lipinski definition) is 5. The van der Waals surface area contributed by atoms with Gasteiger partial charge in [-0.1, -0.05) is 43.0 Å². The van der Waals surface area contributed by atoms with E-state index in [2.05, 4.69) is 5.32 Å². The number of amides is 2. The molecule has 4 rings (SSSR count). The number of carbonyl (C=O) groups is 2. The molecule has 184 valence electrons. The molecule has 0 saturated heterocycles. The molecule has 1 atom stereocenters. The summed E-state index contributed by atoms with van der Waals surface area (Å²) in [5, 5.41) is 3.21. The molecule has 0 radical (unpaired) electrons. The Morgan fingerprint density at radius 3 is 2.31 bits per heavy atom. The van der Waals surface area contributed by atoms with Crippen molar-refractivity contribution in [1.29, 1.82) is 0 Å². The number of ether oxygens (including phenoxy) is 2. The van der Waals surface area contributed by atoms with E-state index in [9.17, 15) is 9.59 Å². The number of rotatable bonds is 8. The minimum absolute atomic E-state index is 0.0810. The third kappa shape index (κ3) is 5.50. The summed E-state index contributed by atoms with van der Waals surface area (Å²) < 4.78 is 16.4. The van der Waals surface area contributed by atoms with E-state index in [1.807, 2.05) is 31.2 Å². The fraction of sp³-hybridized carbons (Fsp3) is 0.357. The molecule has 0 unspecified atom stereocenters. The molecule has 1 saturated carbocycles. The molecule has 2 aromatic carbocycles. The molecule has 7 nitrogen and oxygen atoms in total. The van der Waals surface area contributed by atoms with Crippen molar-refractivity contribution in [2.75, 3.05) is 19.1 Å². The van der Waals surface area contributed by atoms with E-state index in [1.54, 1.807) is 44.6 Å². The number of nitrogens with one attached hydrogen (secondary N) is 1. The molecule has 2 amide bonds. The van der Waals surface area contributed by atoms with Crippen LogP contribution in [0.25, 0.3) is 0 Å². The van der Waals surface area contributed by atoms with Crippen LogP contribution in [0.15, 0.2) is 65.3 Å². The van der Waals surface area contributed by atoms with E-state index >= 15 is 0 Å². The van der Waals surface area contributed by atoms with Crippen molar-refractivity contribution >= 4 is 17.5 Å². The second kappa shape index (κ2) is 11.1. The highest BCUT2D eigenvalue weighted by Gasteiger charge is 2.36. The maximum absolute atomic E-state index is 13.9. The fourth-order valence-electron chi connectivity index (χ4n) is 4.58. The van der Waals surface area contributed by atoms with Crippen LogP contribution in [0.1, 0.15) is 59.8 Å². The number of methoxy groups -OCH3 is 2. The van der Waals surface area contributed by atoms with Gasteiger partial charge in [0.1, 0.15) is 6.04 Å². The Bertz CT molecular complexity index is 1130. The van der Waals surface area contributed by atoms with Crippen molar-refractivity contribution in [3.63, 3.8) is 0 Å². The average Bonchev–Trinajstić information content (AvgIpc) is 3.43. The minimum atomic E-state index is -0.947. The molecule has 1 heterocycles. The second-order valence-electron chi connectivity index (χ2n) is 8.85. The van der Waals surface area contributed by atoms with E-state index in [0.717, 1.165) is 31.2 Å². The van der Waals surface area contributed by atoms with Crippen LogP contribution in [0, 0.1) is 6.92 Å². The van der Waals surface area contributed by atoms with Crippen molar-refractivity contribution in [1.82, 2.24) is 5.32 Å². The van der Waals surface area contributed by atoms with Crippen molar-refractivity contribution in [2.45, 2.75) is 51.1 Å². The smallest absolute Gasteiger partial charge is 0.294 e. The largest absolute Gasteiger partial charge is 0.493 e. The van der Waals surface area contributed by atoms with Crippen LogP contribution in [-0.2, 0) is 4.79 Å². The van der Waals surface area contributed by atoms with Crippen LogP contribution in [-0.4, -0.2) is 32.1 Å². The molecule has 0 spiro atoms. The average molecular weight is 477 g/mol. The Morgan fingerprint density at radius 1 is 0.971 bits per heavy atom. The van der Waals surface area contributed by atoms with Gasteiger partial charge >= 0.3 is 0 Å². The van der Waals surface area contributed by atoms with Gasteiger partial charge in [-0.25, -0.2) is 0 Å². The molecule has 0 aliphatic heterocycles. The lowest BCUT2D eigenvalue weighted by Crippen LogP contribution is -2.47. The normalized spacial score (nSPS) is 14.7. The zero-order valence-electron chi connectivity index (χ0n) is 20.5. The summed E-state index contributed by atoms with van der Waals surface area (Å²) in [6.07, 6.45) is 6.66. The molecule has 1 aromatic heterocycles. The molecule has 1 N–H and O–H groups in total. The van der Waals surface area contributed by atoms with Crippen LogP contribution in [0.2, 0.25) is 0 Å². The maximum Gasteiger partial charge on any atom is 0.294 e. The quantitative estimate of drug-likeness (QED) is 0.468. The monoisotopic (exact) mass is 476 g/mol. The third-order valence-corrected chi connectivity index (χ3v) is 6.44. The fourth-order valence-corrected chi connectivity index (χ4v) is 4.58. The molecule has 35 heavy (non-hydrogen) atoms. The predicted molar refractivity (Wildman–Crippen MR) is 134 cm³/mol. The van der Waals surface area contributed by atoms with Crippen molar-refractivity contribution < 1.29 is 23.5 Å². The van der Waals surface area contributed by atoms with Crippen molar-refractivity contribution in [2.24, 2.45) is 0 Å². The lowest BCUT2D eigenvalue weighted by atomic mass is 9.94. The van der Waals surface area contributed by atoms with Gasteiger partial charge in [-0.3, -0.25) is 14.5 Å². The number of carbonyl (C=O) groups excluding carboxylic acids is 2. The Balaban J connectivity index is 1.82. The molecule has 0 bridgehead atoms. The second-order valence-corrected chi connectivity index (χ2v) is 8.85. The van der Waals surface area contributed by atoms with Crippen LogP contribution in [0.3, 0.4) is 0 Å². The van der Waals surface area contributed by atoms with Gasteiger partial charge < -0.3 is 19.2 Å². The summed E-state index contributed by atoms with van der Waals surface area (Å²) >= 11 is 0. The molecule has 3 aromatic rings. The first kappa shape index (κ1) is 24.4. The predicted octanol–water partition coefficient (Wildman–Crippen LogP) is 5.44. The first-order chi connectivity index (χ1) is 17.0. The highest BCUT2D eigenvalue weighted by molar-refractivity contribution is 6.08. The molecular formula is C28H32N2O5. The van der Waals surface area contributed by atoms with Gasteiger partial charge in [0.15, 0.2) is 17.3 Å². The maximum atomic E-state index is 13.9. The summed E-state index contributed by atoms with van der Waals surface area (Å²) in [5.74, 6) is 0.528. The van der Waals surface area contributed by atoms with Crippen LogP contribution >= 0.6 is 0 Å². The van der Waals surface area contributed by atoms with E-state index < -0.39 is 11.9 Å².